The average molecular weight is 388 g/mol. The van der Waals surface area contributed by atoms with Crippen LogP contribution in [0, 0.1) is 6.92 Å². The number of carbonyl (C=O) groups is 1. The lowest BCUT2D eigenvalue weighted by molar-refractivity contribution is -0.128. The first kappa shape index (κ1) is 18.9. The van der Waals surface area contributed by atoms with Gasteiger partial charge in [-0.2, -0.15) is 5.10 Å². The number of hydrogen-bond acceptors (Lipinski definition) is 4. The molecule has 1 aromatic heterocycles. The summed E-state index contributed by atoms with van der Waals surface area (Å²) in [4.78, 5) is 20.7. The Morgan fingerprint density at radius 1 is 1.14 bits per heavy atom. The normalized spacial score (nSPS) is 15.7. The molecule has 0 N–H and O–H groups in total. The fourth-order valence-electron chi connectivity index (χ4n) is 3.48. The third-order valence-corrected chi connectivity index (χ3v) is 5.04. The van der Waals surface area contributed by atoms with Gasteiger partial charge in [-0.05, 0) is 31.5 Å². The zero-order valence-electron chi connectivity index (χ0n) is 16.7. The third kappa shape index (κ3) is 4.06. The second-order valence-electron chi connectivity index (χ2n) is 7.07. The number of amides is 1. The van der Waals surface area contributed by atoms with Crippen LogP contribution < -0.4 is 4.90 Å². The molecule has 0 radical (unpaired) electrons. The predicted molar refractivity (Wildman–Crippen MR) is 113 cm³/mol. The molecule has 1 aliphatic heterocycles. The number of aromatic nitrogens is 2. The number of nitrogens with zero attached hydrogens (tertiary/aromatic N) is 4. The molecule has 2 heterocycles. The van der Waals surface area contributed by atoms with Crippen LogP contribution in [0.2, 0.25) is 0 Å². The molecule has 4 rings (SSSR count). The van der Waals surface area contributed by atoms with Gasteiger partial charge in [-0.25, -0.2) is 0 Å². The molecule has 1 aliphatic rings. The van der Waals surface area contributed by atoms with Crippen LogP contribution in [0.25, 0.3) is 0 Å². The third-order valence-electron chi connectivity index (χ3n) is 5.04. The van der Waals surface area contributed by atoms with Crippen molar-refractivity contribution in [3.8, 4) is 0 Å². The SMILES string of the molecule is CCn1cc(C2=NOC(C(=O)N(Cc3ccccc3)c3ccccc3)C2)c(C)n1. The highest BCUT2D eigenvalue weighted by atomic mass is 16.6. The predicted octanol–water partition coefficient (Wildman–Crippen LogP) is 3.94. The summed E-state index contributed by atoms with van der Waals surface area (Å²) in [6.45, 7) is 5.25. The first-order valence-electron chi connectivity index (χ1n) is 9.83. The number of rotatable bonds is 6. The Morgan fingerprint density at radius 2 is 1.83 bits per heavy atom. The van der Waals surface area contributed by atoms with Gasteiger partial charge in [0.05, 0.1) is 18.0 Å². The lowest BCUT2D eigenvalue weighted by Gasteiger charge is -2.25. The van der Waals surface area contributed by atoms with Crippen LogP contribution in [0.4, 0.5) is 5.69 Å². The lowest BCUT2D eigenvalue weighted by Crippen LogP contribution is -2.39. The van der Waals surface area contributed by atoms with Gasteiger partial charge < -0.3 is 9.74 Å². The molecule has 0 spiro atoms. The molecule has 1 unspecified atom stereocenters. The zero-order chi connectivity index (χ0) is 20.2. The van der Waals surface area contributed by atoms with Gasteiger partial charge in [-0.1, -0.05) is 53.7 Å². The van der Waals surface area contributed by atoms with Gasteiger partial charge in [0, 0.05) is 30.4 Å². The zero-order valence-corrected chi connectivity index (χ0v) is 16.7. The highest BCUT2D eigenvalue weighted by Crippen LogP contribution is 2.24. The van der Waals surface area contributed by atoms with Crippen LogP contribution in [-0.2, 0) is 22.7 Å². The number of benzene rings is 2. The van der Waals surface area contributed by atoms with E-state index in [0.29, 0.717) is 13.0 Å². The summed E-state index contributed by atoms with van der Waals surface area (Å²) in [5.41, 5.74) is 4.51. The van der Waals surface area contributed by atoms with Crippen molar-refractivity contribution in [2.45, 2.75) is 39.5 Å². The molecule has 1 atom stereocenters. The number of para-hydroxylation sites is 1. The fraction of sp³-hybridized carbons (Fsp3) is 0.261. The van der Waals surface area contributed by atoms with E-state index in [9.17, 15) is 4.79 Å². The van der Waals surface area contributed by atoms with E-state index in [-0.39, 0.29) is 5.91 Å². The van der Waals surface area contributed by atoms with Gasteiger partial charge in [0.2, 0.25) is 6.10 Å². The molecule has 0 aliphatic carbocycles. The lowest BCUT2D eigenvalue weighted by atomic mass is 10.0. The Kier molecular flexibility index (Phi) is 5.42. The minimum atomic E-state index is -0.640. The van der Waals surface area contributed by atoms with Crippen molar-refractivity contribution in [3.05, 3.63) is 83.7 Å². The van der Waals surface area contributed by atoms with Crippen molar-refractivity contribution in [1.29, 1.82) is 0 Å². The minimum Gasteiger partial charge on any atom is -0.382 e. The van der Waals surface area contributed by atoms with E-state index < -0.39 is 6.10 Å². The highest BCUT2D eigenvalue weighted by Gasteiger charge is 2.34. The molecule has 3 aromatic rings. The maximum Gasteiger partial charge on any atom is 0.271 e. The van der Waals surface area contributed by atoms with Crippen LogP contribution in [0.5, 0.6) is 0 Å². The first-order chi connectivity index (χ1) is 14.2. The second kappa shape index (κ2) is 8.31. The summed E-state index contributed by atoms with van der Waals surface area (Å²) in [5.74, 6) is -0.0978. The topological polar surface area (TPSA) is 59.7 Å². The van der Waals surface area contributed by atoms with Crippen molar-refractivity contribution in [2.24, 2.45) is 5.16 Å². The van der Waals surface area contributed by atoms with E-state index in [1.54, 1.807) is 4.90 Å². The van der Waals surface area contributed by atoms with Crippen molar-refractivity contribution in [3.63, 3.8) is 0 Å². The number of hydrogen-bond donors (Lipinski definition) is 0. The molecule has 1 amide bonds. The Balaban J connectivity index is 1.55. The van der Waals surface area contributed by atoms with Crippen LogP contribution >= 0.6 is 0 Å². The molecule has 0 saturated carbocycles. The summed E-state index contributed by atoms with van der Waals surface area (Å²) in [6.07, 6.45) is 1.76. The van der Waals surface area contributed by atoms with Gasteiger partial charge in [-0.15, -0.1) is 0 Å². The van der Waals surface area contributed by atoms with E-state index in [1.807, 2.05) is 85.4 Å². The van der Waals surface area contributed by atoms with Gasteiger partial charge in [0.1, 0.15) is 0 Å². The van der Waals surface area contributed by atoms with Crippen LogP contribution in [0.1, 0.15) is 30.2 Å². The van der Waals surface area contributed by atoms with E-state index in [0.717, 1.165) is 34.8 Å². The molecule has 148 valence electrons. The van der Waals surface area contributed by atoms with Gasteiger partial charge in [-0.3, -0.25) is 9.48 Å². The molecule has 0 fully saturated rings. The van der Waals surface area contributed by atoms with Crippen LogP contribution in [0.3, 0.4) is 0 Å². The Labute approximate surface area is 170 Å². The molecule has 0 bridgehead atoms. The van der Waals surface area contributed by atoms with Crippen molar-refractivity contribution in [2.75, 3.05) is 4.90 Å². The molecule has 0 saturated heterocycles. The Morgan fingerprint density at radius 3 is 2.48 bits per heavy atom. The van der Waals surface area contributed by atoms with E-state index in [1.165, 1.54) is 0 Å². The quantitative estimate of drug-likeness (QED) is 0.643. The largest absolute Gasteiger partial charge is 0.382 e. The van der Waals surface area contributed by atoms with Crippen molar-refractivity contribution >= 4 is 17.3 Å². The van der Waals surface area contributed by atoms with Crippen LogP contribution in [0.15, 0.2) is 72.0 Å². The summed E-state index contributed by atoms with van der Waals surface area (Å²) in [7, 11) is 0. The monoisotopic (exact) mass is 388 g/mol. The summed E-state index contributed by atoms with van der Waals surface area (Å²) >= 11 is 0. The Hall–Kier alpha value is -3.41. The number of aryl methyl sites for hydroxylation is 2. The molecule has 6 nitrogen and oxygen atoms in total. The molecule has 2 aromatic carbocycles. The second-order valence-corrected chi connectivity index (χ2v) is 7.07. The maximum absolute atomic E-state index is 13.4. The van der Waals surface area contributed by atoms with Crippen molar-refractivity contribution in [1.82, 2.24) is 9.78 Å². The summed E-state index contributed by atoms with van der Waals surface area (Å²) in [6, 6.07) is 19.6. The molecular formula is C23H24N4O2. The molecular weight excluding hydrogens is 364 g/mol. The fourth-order valence-corrected chi connectivity index (χ4v) is 3.48. The summed E-state index contributed by atoms with van der Waals surface area (Å²) < 4.78 is 1.87. The van der Waals surface area contributed by atoms with Gasteiger partial charge >= 0.3 is 0 Å². The maximum atomic E-state index is 13.4. The van der Waals surface area contributed by atoms with Gasteiger partial charge in [0.25, 0.3) is 5.91 Å². The standard InChI is InChI=1S/C23H24N4O2/c1-3-26-16-20(17(2)24-26)21-14-22(29-25-21)23(28)27(19-12-8-5-9-13-19)15-18-10-6-4-7-11-18/h4-13,16,22H,3,14-15H2,1-2H3. The first-order valence-corrected chi connectivity index (χ1v) is 9.83. The van der Waals surface area contributed by atoms with Gasteiger partial charge in [0.15, 0.2) is 0 Å². The highest BCUT2D eigenvalue weighted by molar-refractivity contribution is 6.07. The number of oxime groups is 1. The Bertz CT molecular complexity index is 1010. The van der Waals surface area contributed by atoms with E-state index in [4.69, 9.17) is 4.84 Å². The van der Waals surface area contributed by atoms with E-state index in [2.05, 4.69) is 10.3 Å². The van der Waals surface area contributed by atoms with Crippen LogP contribution in [-0.4, -0.2) is 27.5 Å². The summed E-state index contributed by atoms with van der Waals surface area (Å²) in [5, 5.41) is 8.68. The van der Waals surface area contributed by atoms with Crippen molar-refractivity contribution < 1.29 is 9.63 Å². The number of carbonyl (C=O) groups excluding carboxylic acids is 1. The van der Waals surface area contributed by atoms with E-state index >= 15 is 0 Å². The molecule has 29 heavy (non-hydrogen) atoms. The average Bonchev–Trinajstić information content (AvgIpc) is 3.39. The molecule has 6 heteroatoms. The minimum absolute atomic E-state index is 0.0978. The number of anilines is 1. The smallest absolute Gasteiger partial charge is 0.271 e.